The van der Waals surface area contributed by atoms with E-state index in [9.17, 15) is 4.79 Å². The van der Waals surface area contributed by atoms with Gasteiger partial charge in [0.05, 0.1) is 27.8 Å². The normalized spacial score (nSPS) is 10.8. The number of hydrogen-bond donors (Lipinski definition) is 1. The maximum Gasteiger partial charge on any atom is 0.230 e. The number of nitrogens with one attached hydrogen (secondary N) is 1. The Kier molecular flexibility index (Phi) is 3.82. The molecule has 0 fully saturated rings. The molecule has 0 unspecified atom stereocenters. The number of rotatable bonds is 3. The molecular weight excluding hydrogens is 309 g/mol. The van der Waals surface area contributed by atoms with Gasteiger partial charge in [0.15, 0.2) is 0 Å². The van der Waals surface area contributed by atoms with Gasteiger partial charge in [-0.1, -0.05) is 35.3 Å². The smallest absolute Gasteiger partial charge is 0.230 e. The van der Waals surface area contributed by atoms with Crippen molar-refractivity contribution in [3.8, 4) is 0 Å². The Bertz CT molecular complexity index is 814. The fourth-order valence-corrected chi connectivity index (χ4v) is 2.37. The number of carbonyl (C=O) groups is 1. The standard InChI is InChI=1S/C15H11Cl2N3O/c16-10-5-6-14-18-11(9-20(14)8-10)7-15(21)19-13-4-2-1-3-12(13)17/h1-6,8-9H,7H2,(H,19,21). The number of carbonyl (C=O) groups excluding carboxylic acids is 1. The van der Waals surface area contributed by atoms with Crippen molar-refractivity contribution in [1.29, 1.82) is 0 Å². The lowest BCUT2D eigenvalue weighted by Gasteiger charge is -2.05. The number of hydrogen-bond acceptors (Lipinski definition) is 2. The van der Waals surface area contributed by atoms with Gasteiger partial charge >= 0.3 is 0 Å². The van der Waals surface area contributed by atoms with E-state index in [1.54, 1.807) is 41.1 Å². The van der Waals surface area contributed by atoms with Gasteiger partial charge in [-0.25, -0.2) is 4.98 Å². The largest absolute Gasteiger partial charge is 0.324 e. The molecule has 0 bridgehead atoms. The van der Waals surface area contributed by atoms with Gasteiger partial charge in [0, 0.05) is 12.4 Å². The number of benzene rings is 1. The van der Waals surface area contributed by atoms with Crippen LogP contribution in [0.25, 0.3) is 5.65 Å². The molecule has 0 saturated heterocycles. The van der Waals surface area contributed by atoms with Crippen LogP contribution in [0.3, 0.4) is 0 Å². The van der Waals surface area contributed by atoms with Gasteiger partial charge < -0.3 is 9.72 Å². The van der Waals surface area contributed by atoms with E-state index in [0.717, 1.165) is 5.65 Å². The highest BCUT2D eigenvalue weighted by atomic mass is 35.5. The zero-order valence-electron chi connectivity index (χ0n) is 10.9. The second kappa shape index (κ2) is 5.76. The highest BCUT2D eigenvalue weighted by Gasteiger charge is 2.09. The maximum atomic E-state index is 12.0. The summed E-state index contributed by atoms with van der Waals surface area (Å²) >= 11 is 11.9. The highest BCUT2D eigenvalue weighted by molar-refractivity contribution is 6.33. The SMILES string of the molecule is O=C(Cc1cn2cc(Cl)ccc2n1)Nc1ccccc1Cl. The van der Waals surface area contributed by atoms with Crippen LogP contribution in [0.4, 0.5) is 5.69 Å². The average molecular weight is 320 g/mol. The molecule has 1 N–H and O–H groups in total. The summed E-state index contributed by atoms with van der Waals surface area (Å²) in [4.78, 5) is 16.4. The van der Waals surface area contributed by atoms with Gasteiger partial charge in [-0.3, -0.25) is 4.79 Å². The third-order valence-electron chi connectivity index (χ3n) is 2.95. The molecule has 0 radical (unpaired) electrons. The summed E-state index contributed by atoms with van der Waals surface area (Å²) in [6.45, 7) is 0. The van der Waals surface area contributed by atoms with Crippen LogP contribution < -0.4 is 5.32 Å². The monoisotopic (exact) mass is 319 g/mol. The number of fused-ring (bicyclic) bond motifs is 1. The van der Waals surface area contributed by atoms with E-state index < -0.39 is 0 Å². The number of para-hydroxylation sites is 1. The van der Waals surface area contributed by atoms with E-state index in [-0.39, 0.29) is 12.3 Å². The first-order chi connectivity index (χ1) is 10.1. The fraction of sp³-hybridized carbons (Fsp3) is 0.0667. The lowest BCUT2D eigenvalue weighted by Crippen LogP contribution is -2.14. The fourth-order valence-electron chi connectivity index (χ4n) is 2.02. The first-order valence-electron chi connectivity index (χ1n) is 6.29. The van der Waals surface area contributed by atoms with Crippen LogP contribution in [0.5, 0.6) is 0 Å². The molecule has 0 saturated carbocycles. The van der Waals surface area contributed by atoms with Crippen molar-refractivity contribution in [2.75, 3.05) is 5.32 Å². The minimum Gasteiger partial charge on any atom is -0.324 e. The van der Waals surface area contributed by atoms with Crippen LogP contribution in [0.2, 0.25) is 10.0 Å². The number of nitrogens with zero attached hydrogens (tertiary/aromatic N) is 2. The molecule has 106 valence electrons. The molecule has 0 aliphatic carbocycles. The van der Waals surface area contributed by atoms with Crippen LogP contribution in [-0.4, -0.2) is 15.3 Å². The van der Waals surface area contributed by atoms with E-state index >= 15 is 0 Å². The summed E-state index contributed by atoms with van der Waals surface area (Å²) in [7, 11) is 0. The predicted molar refractivity (Wildman–Crippen MR) is 84.0 cm³/mol. The molecule has 3 aromatic rings. The summed E-state index contributed by atoms with van der Waals surface area (Å²) in [5, 5.41) is 3.89. The lowest BCUT2D eigenvalue weighted by atomic mass is 10.3. The number of pyridine rings is 1. The Balaban J connectivity index is 1.75. The van der Waals surface area contributed by atoms with E-state index in [2.05, 4.69) is 10.3 Å². The molecule has 0 aliphatic rings. The first kappa shape index (κ1) is 13.9. The Hall–Kier alpha value is -2.04. The van der Waals surface area contributed by atoms with Crippen molar-refractivity contribution in [2.24, 2.45) is 0 Å². The van der Waals surface area contributed by atoms with Crippen LogP contribution in [0.15, 0.2) is 48.8 Å². The molecule has 0 spiro atoms. The van der Waals surface area contributed by atoms with Gasteiger partial charge in [0.1, 0.15) is 5.65 Å². The summed E-state index contributed by atoms with van der Waals surface area (Å²) in [6.07, 6.45) is 3.71. The molecule has 1 aromatic carbocycles. The number of aromatic nitrogens is 2. The zero-order chi connectivity index (χ0) is 14.8. The van der Waals surface area contributed by atoms with Crippen LogP contribution in [0, 0.1) is 0 Å². The maximum absolute atomic E-state index is 12.0. The third-order valence-corrected chi connectivity index (χ3v) is 3.51. The van der Waals surface area contributed by atoms with Crippen molar-refractivity contribution in [3.63, 3.8) is 0 Å². The van der Waals surface area contributed by atoms with Crippen molar-refractivity contribution in [1.82, 2.24) is 9.38 Å². The van der Waals surface area contributed by atoms with E-state index in [0.29, 0.717) is 21.4 Å². The molecule has 1 amide bonds. The minimum absolute atomic E-state index is 0.169. The molecule has 4 nitrogen and oxygen atoms in total. The van der Waals surface area contributed by atoms with E-state index in [1.807, 2.05) is 12.1 Å². The molecule has 6 heteroatoms. The van der Waals surface area contributed by atoms with E-state index in [4.69, 9.17) is 23.2 Å². The predicted octanol–water partition coefficient (Wildman–Crippen LogP) is 3.82. The Morgan fingerprint density at radius 2 is 1.95 bits per heavy atom. The highest BCUT2D eigenvalue weighted by Crippen LogP contribution is 2.20. The van der Waals surface area contributed by atoms with Gasteiger partial charge in [-0.15, -0.1) is 0 Å². The number of amides is 1. The summed E-state index contributed by atoms with van der Waals surface area (Å²) < 4.78 is 1.79. The second-order valence-corrected chi connectivity index (χ2v) is 5.39. The lowest BCUT2D eigenvalue weighted by molar-refractivity contribution is -0.115. The number of imidazole rings is 1. The zero-order valence-corrected chi connectivity index (χ0v) is 12.4. The van der Waals surface area contributed by atoms with Gasteiger partial charge in [0.25, 0.3) is 0 Å². The van der Waals surface area contributed by atoms with Crippen molar-refractivity contribution in [3.05, 3.63) is 64.5 Å². The molecule has 0 atom stereocenters. The first-order valence-corrected chi connectivity index (χ1v) is 7.05. The molecule has 2 heterocycles. The second-order valence-electron chi connectivity index (χ2n) is 4.55. The minimum atomic E-state index is -0.169. The average Bonchev–Trinajstić information content (AvgIpc) is 2.82. The Labute approximate surface area is 131 Å². The van der Waals surface area contributed by atoms with Crippen molar-refractivity contribution >= 4 is 40.4 Å². The van der Waals surface area contributed by atoms with Crippen molar-refractivity contribution < 1.29 is 4.79 Å². The Morgan fingerprint density at radius 1 is 1.14 bits per heavy atom. The van der Waals surface area contributed by atoms with Crippen molar-refractivity contribution in [2.45, 2.75) is 6.42 Å². The van der Waals surface area contributed by atoms with Crippen LogP contribution >= 0.6 is 23.2 Å². The number of halogens is 2. The third kappa shape index (κ3) is 3.17. The number of anilines is 1. The molecular formula is C15H11Cl2N3O. The molecule has 21 heavy (non-hydrogen) atoms. The van der Waals surface area contributed by atoms with Crippen LogP contribution in [-0.2, 0) is 11.2 Å². The molecule has 3 rings (SSSR count). The van der Waals surface area contributed by atoms with Crippen LogP contribution in [0.1, 0.15) is 5.69 Å². The van der Waals surface area contributed by atoms with Gasteiger partial charge in [-0.2, -0.15) is 0 Å². The quantitative estimate of drug-likeness (QED) is 0.797. The van der Waals surface area contributed by atoms with Gasteiger partial charge in [0.2, 0.25) is 5.91 Å². The van der Waals surface area contributed by atoms with E-state index in [1.165, 1.54) is 0 Å². The molecule has 2 aromatic heterocycles. The summed E-state index contributed by atoms with van der Waals surface area (Å²) in [5.41, 5.74) is 2.01. The molecule has 0 aliphatic heterocycles. The summed E-state index contributed by atoms with van der Waals surface area (Å²) in [6, 6.07) is 10.7. The summed E-state index contributed by atoms with van der Waals surface area (Å²) in [5.74, 6) is -0.169. The Morgan fingerprint density at radius 3 is 2.76 bits per heavy atom. The van der Waals surface area contributed by atoms with Gasteiger partial charge in [-0.05, 0) is 24.3 Å². The topological polar surface area (TPSA) is 46.4 Å².